The molecule has 0 saturated carbocycles. The molecule has 2 aromatic heterocycles. The number of fused-ring (bicyclic) bond motifs is 1. The van der Waals surface area contributed by atoms with Crippen LogP contribution < -0.4 is 5.73 Å². The molecule has 0 amide bonds. The number of nitrogens with zero attached hydrogens (tertiary/aromatic N) is 4. The van der Waals surface area contributed by atoms with Gasteiger partial charge in [0.2, 0.25) is 0 Å². The van der Waals surface area contributed by atoms with Gasteiger partial charge < -0.3 is 5.73 Å². The van der Waals surface area contributed by atoms with E-state index >= 15 is 0 Å². The number of carbonyl (C=O) groups is 1. The van der Waals surface area contributed by atoms with E-state index in [-0.39, 0.29) is 17.4 Å². The van der Waals surface area contributed by atoms with Crippen LogP contribution in [-0.2, 0) is 13.0 Å². The number of ketones is 1. The molecule has 8 heteroatoms. The monoisotopic (exact) mass is 311 g/mol. The molecule has 0 radical (unpaired) electrons. The molecule has 0 spiro atoms. The van der Waals surface area contributed by atoms with Gasteiger partial charge in [0.25, 0.3) is 0 Å². The Labute approximate surface area is 126 Å². The SMILES string of the molecule is Nc1c(C(=O)CS)cnn1-c1nn2c(c1Cl)CCCC2. The lowest BCUT2D eigenvalue weighted by atomic mass is 10.1. The van der Waals surface area contributed by atoms with Crippen LogP contribution >= 0.6 is 24.2 Å². The molecular weight excluding hydrogens is 298 g/mol. The molecule has 0 atom stereocenters. The zero-order chi connectivity index (χ0) is 14.3. The number of hydrogen-bond acceptors (Lipinski definition) is 5. The predicted octanol–water partition coefficient (Wildman–Crippen LogP) is 1.75. The highest BCUT2D eigenvalue weighted by molar-refractivity contribution is 7.81. The van der Waals surface area contributed by atoms with E-state index in [1.54, 1.807) is 0 Å². The van der Waals surface area contributed by atoms with E-state index < -0.39 is 0 Å². The first-order valence-electron chi connectivity index (χ1n) is 6.36. The van der Waals surface area contributed by atoms with Gasteiger partial charge in [0, 0.05) is 6.54 Å². The molecule has 2 N–H and O–H groups in total. The van der Waals surface area contributed by atoms with E-state index in [9.17, 15) is 4.79 Å². The summed E-state index contributed by atoms with van der Waals surface area (Å²) in [6.45, 7) is 0.846. The van der Waals surface area contributed by atoms with Crippen molar-refractivity contribution in [3.05, 3.63) is 22.5 Å². The van der Waals surface area contributed by atoms with Gasteiger partial charge in [-0.3, -0.25) is 9.48 Å². The highest BCUT2D eigenvalue weighted by atomic mass is 35.5. The lowest BCUT2D eigenvalue weighted by Gasteiger charge is -2.12. The Balaban J connectivity index is 2.08. The zero-order valence-corrected chi connectivity index (χ0v) is 12.4. The summed E-state index contributed by atoms with van der Waals surface area (Å²) in [5.74, 6) is 0.654. The summed E-state index contributed by atoms with van der Waals surface area (Å²) in [5, 5.41) is 9.15. The van der Waals surface area contributed by atoms with Crippen molar-refractivity contribution >= 4 is 35.8 Å². The van der Waals surface area contributed by atoms with Crippen molar-refractivity contribution in [3.8, 4) is 5.82 Å². The average molecular weight is 312 g/mol. The molecular formula is C12H14ClN5OS. The van der Waals surface area contributed by atoms with Crippen molar-refractivity contribution in [1.82, 2.24) is 19.6 Å². The number of halogens is 1. The molecule has 3 rings (SSSR count). The number of rotatable bonds is 3. The van der Waals surface area contributed by atoms with Crippen molar-refractivity contribution in [2.75, 3.05) is 11.5 Å². The smallest absolute Gasteiger partial charge is 0.196 e. The molecule has 3 heterocycles. The number of aryl methyl sites for hydroxylation is 1. The number of anilines is 1. The first-order valence-corrected chi connectivity index (χ1v) is 7.37. The molecule has 1 aliphatic heterocycles. The summed E-state index contributed by atoms with van der Waals surface area (Å²) in [4.78, 5) is 11.7. The average Bonchev–Trinajstić information content (AvgIpc) is 2.99. The zero-order valence-electron chi connectivity index (χ0n) is 10.7. The van der Waals surface area contributed by atoms with Crippen LogP contribution in [0, 0.1) is 0 Å². The first kappa shape index (κ1) is 13.5. The van der Waals surface area contributed by atoms with Crippen molar-refractivity contribution in [1.29, 1.82) is 0 Å². The molecule has 0 saturated heterocycles. The van der Waals surface area contributed by atoms with Crippen molar-refractivity contribution in [2.24, 2.45) is 0 Å². The van der Waals surface area contributed by atoms with E-state index in [2.05, 4.69) is 22.8 Å². The van der Waals surface area contributed by atoms with Crippen LogP contribution in [0.15, 0.2) is 6.20 Å². The number of carbonyl (C=O) groups excluding carboxylic acids is 1. The molecule has 6 nitrogen and oxygen atoms in total. The summed E-state index contributed by atoms with van der Waals surface area (Å²) in [6, 6.07) is 0. The molecule has 0 aliphatic carbocycles. The van der Waals surface area contributed by atoms with Crippen LogP contribution in [0.3, 0.4) is 0 Å². The van der Waals surface area contributed by atoms with Crippen LogP contribution in [0.1, 0.15) is 28.9 Å². The number of nitrogen functional groups attached to an aromatic ring is 1. The largest absolute Gasteiger partial charge is 0.383 e. The lowest BCUT2D eigenvalue weighted by Crippen LogP contribution is -2.11. The second-order valence-electron chi connectivity index (χ2n) is 4.70. The minimum absolute atomic E-state index is 0.0866. The quantitative estimate of drug-likeness (QED) is 0.668. The maximum atomic E-state index is 11.7. The minimum Gasteiger partial charge on any atom is -0.383 e. The summed E-state index contributed by atoms with van der Waals surface area (Å²) in [5.41, 5.74) is 7.33. The van der Waals surface area contributed by atoms with Crippen LogP contribution in [0.5, 0.6) is 0 Å². The molecule has 0 fully saturated rings. The summed E-state index contributed by atoms with van der Waals surface area (Å²) in [6.07, 6.45) is 4.52. The normalized spacial score (nSPS) is 14.3. The van der Waals surface area contributed by atoms with Crippen LogP contribution in [0.25, 0.3) is 5.82 Å². The van der Waals surface area contributed by atoms with Gasteiger partial charge in [0.05, 0.1) is 23.2 Å². The first-order chi connectivity index (χ1) is 9.63. The number of nitrogens with two attached hydrogens (primary N) is 1. The molecule has 106 valence electrons. The van der Waals surface area contributed by atoms with Gasteiger partial charge in [-0.25, -0.2) is 0 Å². The fourth-order valence-electron chi connectivity index (χ4n) is 2.40. The van der Waals surface area contributed by atoms with E-state index in [1.165, 1.54) is 10.9 Å². The summed E-state index contributed by atoms with van der Waals surface area (Å²) in [7, 11) is 0. The Hall–Kier alpha value is -1.47. The van der Waals surface area contributed by atoms with Gasteiger partial charge in [0.15, 0.2) is 11.6 Å². The van der Waals surface area contributed by atoms with Crippen LogP contribution in [-0.4, -0.2) is 31.1 Å². The molecule has 20 heavy (non-hydrogen) atoms. The Kier molecular flexibility index (Phi) is 3.47. The third kappa shape index (κ3) is 2.01. The Bertz CT molecular complexity index is 678. The third-order valence-corrected chi connectivity index (χ3v) is 4.14. The van der Waals surface area contributed by atoms with Crippen LogP contribution in [0.4, 0.5) is 5.82 Å². The van der Waals surface area contributed by atoms with Crippen molar-refractivity contribution < 1.29 is 4.79 Å². The number of aromatic nitrogens is 4. The second-order valence-corrected chi connectivity index (χ2v) is 5.40. The van der Waals surface area contributed by atoms with Gasteiger partial charge in [-0.1, -0.05) is 11.6 Å². The second kappa shape index (κ2) is 5.14. The fourth-order valence-corrected chi connectivity index (χ4v) is 2.88. The standard InChI is InChI=1S/C12H14ClN5OS/c13-10-8-3-1-2-4-17(8)16-12(10)18-11(14)7(5-15-18)9(19)6-20/h5,20H,1-4,6,14H2. The molecule has 0 unspecified atom stereocenters. The Morgan fingerprint density at radius 1 is 1.50 bits per heavy atom. The fraction of sp³-hybridized carbons (Fsp3) is 0.417. The molecule has 1 aliphatic rings. The van der Waals surface area contributed by atoms with Crippen molar-refractivity contribution in [3.63, 3.8) is 0 Å². The number of hydrogen-bond donors (Lipinski definition) is 2. The van der Waals surface area contributed by atoms with Gasteiger partial charge in [-0.2, -0.15) is 27.5 Å². The minimum atomic E-state index is -0.169. The van der Waals surface area contributed by atoms with E-state index in [0.717, 1.165) is 31.5 Å². The lowest BCUT2D eigenvalue weighted by molar-refractivity contribution is 0.102. The van der Waals surface area contributed by atoms with Crippen LogP contribution in [0.2, 0.25) is 5.02 Å². The van der Waals surface area contributed by atoms with Gasteiger partial charge in [-0.05, 0) is 19.3 Å². The topological polar surface area (TPSA) is 78.7 Å². The number of thiol groups is 1. The molecule has 0 bridgehead atoms. The van der Waals surface area contributed by atoms with Gasteiger partial charge >= 0.3 is 0 Å². The maximum absolute atomic E-state index is 11.7. The van der Waals surface area contributed by atoms with Crippen molar-refractivity contribution in [2.45, 2.75) is 25.8 Å². The Morgan fingerprint density at radius 2 is 2.30 bits per heavy atom. The summed E-state index contributed by atoms with van der Waals surface area (Å²) >= 11 is 10.3. The van der Waals surface area contributed by atoms with E-state index in [1.807, 2.05) is 4.68 Å². The van der Waals surface area contributed by atoms with E-state index in [0.29, 0.717) is 16.4 Å². The highest BCUT2D eigenvalue weighted by Crippen LogP contribution is 2.30. The maximum Gasteiger partial charge on any atom is 0.196 e. The summed E-state index contributed by atoms with van der Waals surface area (Å²) < 4.78 is 3.31. The predicted molar refractivity (Wildman–Crippen MR) is 79.9 cm³/mol. The number of Topliss-reactive ketones (excluding diaryl/α,β-unsaturated/α-hetero) is 1. The van der Waals surface area contributed by atoms with Gasteiger partial charge in [-0.15, -0.1) is 0 Å². The third-order valence-electron chi connectivity index (χ3n) is 3.46. The van der Waals surface area contributed by atoms with E-state index in [4.69, 9.17) is 17.3 Å². The molecule has 2 aromatic rings. The molecule has 0 aromatic carbocycles. The van der Waals surface area contributed by atoms with Gasteiger partial charge in [0.1, 0.15) is 10.8 Å². The highest BCUT2D eigenvalue weighted by Gasteiger charge is 2.23. The Morgan fingerprint density at radius 3 is 3.00 bits per heavy atom.